The van der Waals surface area contributed by atoms with E-state index >= 15 is 0 Å². The van der Waals surface area contributed by atoms with Crippen LogP contribution < -0.4 is 4.74 Å². The fourth-order valence-corrected chi connectivity index (χ4v) is 1.46. The number of hydrogen-bond acceptors (Lipinski definition) is 4. The van der Waals surface area contributed by atoms with E-state index in [0.717, 1.165) is 24.8 Å². The van der Waals surface area contributed by atoms with Gasteiger partial charge in [0.25, 0.3) is 0 Å². The highest BCUT2D eigenvalue weighted by atomic mass is 16.6. The van der Waals surface area contributed by atoms with Crippen LogP contribution >= 0.6 is 0 Å². The topological polar surface area (TPSA) is 72.6 Å². The van der Waals surface area contributed by atoms with Gasteiger partial charge in [0.05, 0.1) is 11.5 Å². The van der Waals surface area contributed by atoms with Crippen LogP contribution in [0.3, 0.4) is 0 Å². The molecule has 1 aromatic rings. The zero-order valence-electron chi connectivity index (χ0n) is 9.89. The summed E-state index contributed by atoms with van der Waals surface area (Å²) in [6.07, 6.45) is 2.38. The zero-order valence-corrected chi connectivity index (χ0v) is 9.89. The third-order valence-electron chi connectivity index (χ3n) is 2.37. The normalized spacial score (nSPS) is 10.2. The first-order valence-corrected chi connectivity index (χ1v) is 5.64. The molecule has 17 heavy (non-hydrogen) atoms. The molecule has 0 saturated heterocycles. The molecule has 0 fully saturated rings. The van der Waals surface area contributed by atoms with Crippen molar-refractivity contribution in [2.45, 2.75) is 26.2 Å². The van der Waals surface area contributed by atoms with Gasteiger partial charge in [0, 0.05) is 12.7 Å². The van der Waals surface area contributed by atoms with Crippen LogP contribution in [-0.4, -0.2) is 23.2 Å². The van der Waals surface area contributed by atoms with Gasteiger partial charge in [0.1, 0.15) is 0 Å². The Labute approximate surface area is 100 Å². The highest BCUT2D eigenvalue weighted by Crippen LogP contribution is 2.27. The SMILES string of the molecule is Cc1ccc(OCCCCCO)c([N+](=O)[O-])c1. The molecule has 0 heterocycles. The minimum Gasteiger partial charge on any atom is -0.487 e. The van der Waals surface area contributed by atoms with E-state index in [4.69, 9.17) is 9.84 Å². The van der Waals surface area contributed by atoms with Crippen LogP contribution in [0.4, 0.5) is 5.69 Å². The van der Waals surface area contributed by atoms with Crippen molar-refractivity contribution in [1.29, 1.82) is 0 Å². The number of aliphatic hydroxyl groups excluding tert-OH is 1. The van der Waals surface area contributed by atoms with Crippen molar-refractivity contribution in [3.8, 4) is 5.75 Å². The van der Waals surface area contributed by atoms with E-state index in [9.17, 15) is 10.1 Å². The summed E-state index contributed by atoms with van der Waals surface area (Å²) in [5.41, 5.74) is 0.844. The number of ether oxygens (including phenoxy) is 1. The van der Waals surface area contributed by atoms with Gasteiger partial charge in [-0.15, -0.1) is 0 Å². The summed E-state index contributed by atoms with van der Waals surface area (Å²) in [5.74, 6) is 0.310. The molecule has 0 aliphatic carbocycles. The Morgan fingerprint density at radius 3 is 2.76 bits per heavy atom. The number of benzene rings is 1. The number of aryl methyl sites for hydroxylation is 1. The molecular formula is C12H17NO4. The van der Waals surface area contributed by atoms with Crippen LogP contribution in [0.15, 0.2) is 18.2 Å². The molecule has 5 nitrogen and oxygen atoms in total. The van der Waals surface area contributed by atoms with Gasteiger partial charge in [-0.1, -0.05) is 6.07 Å². The highest BCUT2D eigenvalue weighted by Gasteiger charge is 2.14. The Bertz CT molecular complexity index is 379. The Morgan fingerprint density at radius 1 is 1.35 bits per heavy atom. The van der Waals surface area contributed by atoms with Crippen LogP contribution in [0.1, 0.15) is 24.8 Å². The van der Waals surface area contributed by atoms with Crippen molar-refractivity contribution < 1.29 is 14.8 Å². The maximum Gasteiger partial charge on any atom is 0.311 e. The van der Waals surface area contributed by atoms with Crippen molar-refractivity contribution >= 4 is 5.69 Å². The predicted octanol–water partition coefficient (Wildman–Crippen LogP) is 2.44. The predicted molar refractivity (Wildman–Crippen MR) is 64.3 cm³/mol. The van der Waals surface area contributed by atoms with E-state index in [0.29, 0.717) is 12.4 Å². The number of nitro benzene ring substituents is 1. The van der Waals surface area contributed by atoms with Gasteiger partial charge in [-0.25, -0.2) is 0 Å². The van der Waals surface area contributed by atoms with Gasteiger partial charge in [0.15, 0.2) is 5.75 Å². The second-order valence-electron chi connectivity index (χ2n) is 3.86. The van der Waals surface area contributed by atoms with Crippen molar-refractivity contribution in [1.82, 2.24) is 0 Å². The second-order valence-corrected chi connectivity index (χ2v) is 3.86. The molecule has 0 aliphatic rings. The Kier molecular flexibility index (Phi) is 5.42. The zero-order chi connectivity index (χ0) is 12.7. The largest absolute Gasteiger partial charge is 0.487 e. The number of aliphatic hydroxyl groups is 1. The number of unbranched alkanes of at least 4 members (excludes halogenated alkanes) is 2. The lowest BCUT2D eigenvalue weighted by molar-refractivity contribution is -0.385. The summed E-state index contributed by atoms with van der Waals surface area (Å²) in [6.45, 7) is 2.41. The van der Waals surface area contributed by atoms with Gasteiger partial charge < -0.3 is 9.84 Å². The summed E-state index contributed by atoms with van der Waals surface area (Å²) in [4.78, 5) is 10.4. The summed E-state index contributed by atoms with van der Waals surface area (Å²) in [5, 5.41) is 19.4. The molecule has 1 N–H and O–H groups in total. The number of nitro groups is 1. The van der Waals surface area contributed by atoms with E-state index in [1.165, 1.54) is 6.07 Å². The Hall–Kier alpha value is -1.62. The van der Waals surface area contributed by atoms with Gasteiger partial charge in [-0.05, 0) is 37.8 Å². The maximum absolute atomic E-state index is 10.8. The van der Waals surface area contributed by atoms with Crippen molar-refractivity contribution in [2.75, 3.05) is 13.2 Å². The molecule has 5 heteroatoms. The number of rotatable bonds is 7. The third-order valence-corrected chi connectivity index (χ3v) is 2.37. The lowest BCUT2D eigenvalue weighted by atomic mass is 10.2. The number of hydrogen-bond donors (Lipinski definition) is 1. The van der Waals surface area contributed by atoms with Crippen LogP contribution in [-0.2, 0) is 0 Å². The number of nitrogens with zero attached hydrogens (tertiary/aromatic N) is 1. The van der Waals surface area contributed by atoms with E-state index in [1.54, 1.807) is 19.1 Å². The Balaban J connectivity index is 2.55. The van der Waals surface area contributed by atoms with Crippen LogP contribution in [0.5, 0.6) is 5.75 Å². The maximum atomic E-state index is 10.8. The second kappa shape index (κ2) is 6.85. The van der Waals surface area contributed by atoms with Crippen molar-refractivity contribution in [2.24, 2.45) is 0 Å². The average molecular weight is 239 g/mol. The van der Waals surface area contributed by atoms with Gasteiger partial charge >= 0.3 is 5.69 Å². The minimum absolute atomic E-state index is 0.00663. The lowest BCUT2D eigenvalue weighted by Gasteiger charge is -2.06. The molecule has 0 atom stereocenters. The monoisotopic (exact) mass is 239 g/mol. The van der Waals surface area contributed by atoms with Gasteiger partial charge in [-0.2, -0.15) is 0 Å². The molecule has 1 rings (SSSR count). The molecule has 0 unspecified atom stereocenters. The smallest absolute Gasteiger partial charge is 0.311 e. The molecule has 1 aromatic carbocycles. The summed E-state index contributed by atoms with van der Waals surface area (Å²) < 4.78 is 5.38. The molecule has 0 radical (unpaired) electrons. The fourth-order valence-electron chi connectivity index (χ4n) is 1.46. The molecule has 0 aliphatic heterocycles. The summed E-state index contributed by atoms with van der Waals surface area (Å²) >= 11 is 0. The average Bonchev–Trinajstić information content (AvgIpc) is 2.30. The molecule has 0 saturated carbocycles. The van der Waals surface area contributed by atoms with E-state index in [-0.39, 0.29) is 12.3 Å². The standard InChI is InChI=1S/C12H17NO4/c1-10-5-6-12(11(9-10)13(15)16)17-8-4-2-3-7-14/h5-6,9,14H,2-4,7-8H2,1H3. The van der Waals surface area contributed by atoms with Crippen LogP contribution in [0.25, 0.3) is 0 Å². The van der Waals surface area contributed by atoms with Crippen molar-refractivity contribution in [3.63, 3.8) is 0 Å². The fraction of sp³-hybridized carbons (Fsp3) is 0.500. The van der Waals surface area contributed by atoms with E-state index in [2.05, 4.69) is 0 Å². The van der Waals surface area contributed by atoms with Crippen LogP contribution in [0, 0.1) is 17.0 Å². The van der Waals surface area contributed by atoms with Crippen molar-refractivity contribution in [3.05, 3.63) is 33.9 Å². The van der Waals surface area contributed by atoms with E-state index < -0.39 is 4.92 Å². The molecule has 94 valence electrons. The first-order chi connectivity index (χ1) is 8.15. The highest BCUT2D eigenvalue weighted by molar-refractivity contribution is 5.48. The lowest BCUT2D eigenvalue weighted by Crippen LogP contribution is -2.01. The molecule has 0 aromatic heterocycles. The first-order valence-electron chi connectivity index (χ1n) is 5.64. The quantitative estimate of drug-likeness (QED) is 0.450. The van der Waals surface area contributed by atoms with E-state index in [1.807, 2.05) is 0 Å². The van der Waals surface area contributed by atoms with Gasteiger partial charge in [0.2, 0.25) is 0 Å². The third kappa shape index (κ3) is 4.40. The molecule has 0 bridgehead atoms. The Morgan fingerprint density at radius 2 is 2.12 bits per heavy atom. The summed E-state index contributed by atoms with van der Waals surface area (Å²) in [6, 6.07) is 4.92. The van der Waals surface area contributed by atoms with Crippen LogP contribution in [0.2, 0.25) is 0 Å². The minimum atomic E-state index is -0.434. The molecule has 0 spiro atoms. The molecular weight excluding hydrogens is 222 g/mol. The molecule has 0 amide bonds. The first kappa shape index (κ1) is 13.4. The summed E-state index contributed by atoms with van der Waals surface area (Å²) in [7, 11) is 0. The van der Waals surface area contributed by atoms with Gasteiger partial charge in [-0.3, -0.25) is 10.1 Å².